The molecule has 0 saturated carbocycles. The molecule has 2 aliphatic heterocycles. The van der Waals surface area contributed by atoms with E-state index in [2.05, 4.69) is 25.8 Å². The van der Waals surface area contributed by atoms with E-state index in [4.69, 9.17) is 0 Å². The second-order valence-corrected chi connectivity index (χ2v) is 9.12. The van der Waals surface area contributed by atoms with Crippen LogP contribution in [0, 0.1) is 5.82 Å². The summed E-state index contributed by atoms with van der Waals surface area (Å²) >= 11 is 0. The lowest BCUT2D eigenvalue weighted by atomic mass is 9.97. The highest BCUT2D eigenvalue weighted by atomic mass is 19.1. The average molecular weight is 480 g/mol. The van der Waals surface area contributed by atoms with Gasteiger partial charge in [0.1, 0.15) is 11.5 Å². The maximum absolute atomic E-state index is 14.2. The lowest BCUT2D eigenvalue weighted by molar-refractivity contribution is -0.133. The third-order valence-electron chi connectivity index (χ3n) is 6.92. The molecule has 0 unspecified atom stereocenters. The number of aromatic amines is 1. The Morgan fingerprint density at radius 3 is 2.71 bits per heavy atom. The van der Waals surface area contributed by atoms with E-state index < -0.39 is 0 Å². The van der Waals surface area contributed by atoms with Crippen LogP contribution in [0.3, 0.4) is 0 Å². The largest absolute Gasteiger partial charge is 0.395 e. The normalized spacial score (nSPS) is 15.7. The van der Waals surface area contributed by atoms with Gasteiger partial charge in [0.2, 0.25) is 5.91 Å². The SMILES string of the molecule is CN1Cc2c(C3=CCN(CC(=O)N(CCO)CCO)CC3)[nH]c3nccc(c23)-c2cc(F)ccc21. The highest BCUT2D eigenvalue weighted by molar-refractivity contribution is 6.02. The van der Waals surface area contributed by atoms with Gasteiger partial charge in [0.05, 0.1) is 19.8 Å². The summed E-state index contributed by atoms with van der Waals surface area (Å²) in [6.45, 7) is 2.47. The number of aliphatic hydroxyl groups is 2. The molecule has 184 valence electrons. The first-order valence-electron chi connectivity index (χ1n) is 11.9. The molecule has 2 aromatic heterocycles. The number of halogens is 1. The molecule has 1 amide bonds. The van der Waals surface area contributed by atoms with Gasteiger partial charge in [-0.15, -0.1) is 0 Å². The second kappa shape index (κ2) is 9.77. The fourth-order valence-corrected chi connectivity index (χ4v) is 5.19. The Bertz CT molecular complexity index is 1280. The van der Waals surface area contributed by atoms with E-state index in [-0.39, 0.29) is 44.6 Å². The van der Waals surface area contributed by atoms with Gasteiger partial charge >= 0.3 is 0 Å². The molecule has 1 aromatic carbocycles. The van der Waals surface area contributed by atoms with Crippen molar-refractivity contribution in [2.24, 2.45) is 0 Å². The summed E-state index contributed by atoms with van der Waals surface area (Å²) in [6, 6.07) is 6.87. The molecule has 0 radical (unpaired) electrons. The second-order valence-electron chi connectivity index (χ2n) is 9.12. The summed E-state index contributed by atoms with van der Waals surface area (Å²) in [5.41, 5.74) is 6.99. The topological polar surface area (TPSA) is 95.9 Å². The molecule has 3 N–H and O–H groups in total. The van der Waals surface area contributed by atoms with Gasteiger partial charge in [-0.25, -0.2) is 9.37 Å². The van der Waals surface area contributed by atoms with Crippen LogP contribution in [0.15, 0.2) is 36.5 Å². The van der Waals surface area contributed by atoms with Crippen LogP contribution >= 0.6 is 0 Å². The van der Waals surface area contributed by atoms with Crippen LogP contribution in [0.5, 0.6) is 0 Å². The number of nitrogens with one attached hydrogen (secondary N) is 1. The minimum absolute atomic E-state index is 0.0948. The molecule has 9 heteroatoms. The Kier molecular flexibility index (Phi) is 6.55. The van der Waals surface area contributed by atoms with Crippen LogP contribution in [-0.2, 0) is 11.3 Å². The van der Waals surface area contributed by atoms with Crippen molar-refractivity contribution in [2.75, 3.05) is 57.9 Å². The lowest BCUT2D eigenvalue weighted by Crippen LogP contribution is -2.44. The molecule has 8 nitrogen and oxygen atoms in total. The molecule has 2 aliphatic rings. The number of rotatable bonds is 7. The molecule has 4 heterocycles. The predicted molar refractivity (Wildman–Crippen MR) is 133 cm³/mol. The van der Waals surface area contributed by atoms with Gasteiger partial charge in [0.15, 0.2) is 0 Å². The Hall–Kier alpha value is -3.27. The number of hydrogen-bond acceptors (Lipinski definition) is 6. The Morgan fingerprint density at radius 1 is 1.20 bits per heavy atom. The van der Waals surface area contributed by atoms with Gasteiger partial charge in [-0.1, -0.05) is 6.08 Å². The number of nitrogens with zero attached hydrogens (tertiary/aromatic N) is 4. The van der Waals surface area contributed by atoms with E-state index in [0.717, 1.165) is 52.1 Å². The van der Waals surface area contributed by atoms with Crippen LogP contribution in [0.4, 0.5) is 10.1 Å². The van der Waals surface area contributed by atoms with Gasteiger partial charge in [-0.3, -0.25) is 9.69 Å². The van der Waals surface area contributed by atoms with E-state index in [9.17, 15) is 19.4 Å². The Morgan fingerprint density at radius 2 is 2.00 bits per heavy atom. The molecule has 0 spiro atoms. The number of aromatic nitrogens is 2. The number of carbonyl (C=O) groups excluding carboxylic acids is 1. The van der Waals surface area contributed by atoms with Crippen molar-refractivity contribution in [2.45, 2.75) is 13.0 Å². The zero-order chi connectivity index (χ0) is 24.5. The van der Waals surface area contributed by atoms with Gasteiger partial charge in [-0.05, 0) is 41.8 Å². The van der Waals surface area contributed by atoms with Gasteiger partial charge < -0.3 is 25.0 Å². The zero-order valence-corrected chi connectivity index (χ0v) is 19.8. The average Bonchev–Trinajstić information content (AvgIpc) is 3.16. The fourth-order valence-electron chi connectivity index (χ4n) is 5.19. The number of pyridine rings is 1. The Balaban J connectivity index is 1.43. The van der Waals surface area contributed by atoms with Gasteiger partial charge in [0.25, 0.3) is 0 Å². The van der Waals surface area contributed by atoms with Crippen molar-refractivity contribution in [1.82, 2.24) is 19.8 Å². The van der Waals surface area contributed by atoms with Crippen molar-refractivity contribution in [3.63, 3.8) is 0 Å². The molecule has 3 aromatic rings. The van der Waals surface area contributed by atoms with Crippen molar-refractivity contribution in [1.29, 1.82) is 0 Å². The molecule has 0 fully saturated rings. The smallest absolute Gasteiger partial charge is 0.236 e. The maximum atomic E-state index is 14.2. The number of aliphatic hydroxyl groups excluding tert-OH is 2. The minimum Gasteiger partial charge on any atom is -0.395 e. The van der Waals surface area contributed by atoms with Crippen LogP contribution in [0.25, 0.3) is 27.7 Å². The monoisotopic (exact) mass is 479 g/mol. The number of H-pyrrole nitrogens is 1. The molecule has 0 aliphatic carbocycles. The first kappa shape index (κ1) is 23.5. The number of carbonyl (C=O) groups is 1. The van der Waals surface area contributed by atoms with E-state index in [0.29, 0.717) is 13.1 Å². The van der Waals surface area contributed by atoms with Gasteiger partial charge in [-0.2, -0.15) is 0 Å². The van der Waals surface area contributed by atoms with E-state index in [1.165, 1.54) is 16.5 Å². The fraction of sp³-hybridized carbons (Fsp3) is 0.385. The highest BCUT2D eigenvalue weighted by Crippen LogP contribution is 2.43. The van der Waals surface area contributed by atoms with E-state index >= 15 is 0 Å². The molecule has 0 atom stereocenters. The van der Waals surface area contributed by atoms with E-state index in [1.54, 1.807) is 12.3 Å². The zero-order valence-electron chi connectivity index (χ0n) is 19.8. The van der Waals surface area contributed by atoms with Crippen LogP contribution < -0.4 is 4.90 Å². The summed E-state index contributed by atoms with van der Waals surface area (Å²) in [5.74, 6) is -0.356. The standard InChI is InChI=1S/C26H30FN5O3/c1-30-15-21-24-19(20-14-18(27)2-3-22(20)30)4-7-28-26(24)29-25(21)17-5-8-31(9-6-17)16-23(35)32(10-12-33)11-13-34/h2-5,7,14,33-34H,6,8-13,15-16H2,1H3,(H,28,29). The molecular weight excluding hydrogens is 449 g/mol. The van der Waals surface area contributed by atoms with Crippen LogP contribution in [-0.4, -0.2) is 88.9 Å². The number of amides is 1. The first-order valence-corrected chi connectivity index (χ1v) is 11.9. The Labute approximate surface area is 203 Å². The molecule has 5 rings (SSSR count). The summed E-state index contributed by atoms with van der Waals surface area (Å²) < 4.78 is 14.2. The quantitative estimate of drug-likeness (QED) is 0.481. The first-order chi connectivity index (χ1) is 17.0. The number of benzene rings is 1. The number of hydrogen-bond donors (Lipinski definition) is 3. The number of fused-ring (bicyclic) bond motifs is 2. The molecule has 0 bridgehead atoms. The summed E-state index contributed by atoms with van der Waals surface area (Å²) in [5, 5.41) is 19.4. The highest BCUT2D eigenvalue weighted by Gasteiger charge is 2.27. The van der Waals surface area contributed by atoms with Crippen LogP contribution in [0.1, 0.15) is 17.7 Å². The predicted octanol–water partition coefficient (Wildman–Crippen LogP) is 2.22. The third kappa shape index (κ3) is 4.42. The van der Waals surface area contributed by atoms with Crippen molar-refractivity contribution >= 4 is 28.2 Å². The summed E-state index contributed by atoms with van der Waals surface area (Å²) in [7, 11) is 2.02. The van der Waals surface area contributed by atoms with Crippen molar-refractivity contribution in [3.05, 3.63) is 53.6 Å². The van der Waals surface area contributed by atoms with E-state index in [1.807, 2.05) is 19.2 Å². The third-order valence-corrected chi connectivity index (χ3v) is 6.92. The minimum atomic E-state index is -0.262. The molecule has 0 saturated heterocycles. The lowest BCUT2D eigenvalue weighted by Gasteiger charge is -2.29. The molecular formula is C26H30FN5O3. The molecule has 35 heavy (non-hydrogen) atoms. The van der Waals surface area contributed by atoms with Crippen LogP contribution in [0.2, 0.25) is 0 Å². The maximum Gasteiger partial charge on any atom is 0.236 e. The van der Waals surface area contributed by atoms with Crippen molar-refractivity contribution < 1.29 is 19.4 Å². The van der Waals surface area contributed by atoms with Gasteiger partial charge in [0, 0.05) is 73.9 Å². The van der Waals surface area contributed by atoms with Crippen molar-refractivity contribution in [3.8, 4) is 11.1 Å². The summed E-state index contributed by atoms with van der Waals surface area (Å²) in [6.07, 6.45) is 4.68. The summed E-state index contributed by atoms with van der Waals surface area (Å²) in [4.78, 5) is 26.4. The number of anilines is 1.